The second-order valence-electron chi connectivity index (χ2n) is 3.70. The van der Waals surface area contributed by atoms with Crippen molar-refractivity contribution in [2.75, 3.05) is 0 Å². The summed E-state index contributed by atoms with van der Waals surface area (Å²) in [6, 6.07) is 0. The van der Waals surface area contributed by atoms with Crippen molar-refractivity contribution >= 4 is 33.4 Å². The van der Waals surface area contributed by atoms with Crippen molar-refractivity contribution in [1.29, 1.82) is 0 Å². The summed E-state index contributed by atoms with van der Waals surface area (Å²) in [4.78, 5) is 40.4. The molecule has 8 heteroatoms. The maximum Gasteiger partial charge on any atom is 0.346 e. The standard InChI is InChI=1S/C10H9N3O4S/c1-3-6-8(15)12-5(2-4(11)14)13-9(6)18-7(3)10(16)17/h2H2,1H3,(H2,11,14)(H,16,17)(H,12,13,15). The minimum Gasteiger partial charge on any atom is -0.477 e. The van der Waals surface area contributed by atoms with Crippen LogP contribution in [0.15, 0.2) is 4.79 Å². The number of carbonyl (C=O) groups excluding carboxylic acids is 1. The number of primary amides is 1. The predicted octanol–water partition coefficient (Wildman–Crippen LogP) is 0.0190. The van der Waals surface area contributed by atoms with Crippen molar-refractivity contribution in [3.05, 3.63) is 26.6 Å². The maximum absolute atomic E-state index is 11.8. The highest BCUT2D eigenvalue weighted by atomic mass is 32.1. The van der Waals surface area contributed by atoms with Gasteiger partial charge < -0.3 is 15.8 Å². The number of nitrogens with two attached hydrogens (primary N) is 1. The van der Waals surface area contributed by atoms with Crippen molar-refractivity contribution in [2.24, 2.45) is 5.73 Å². The number of H-pyrrole nitrogens is 1. The summed E-state index contributed by atoms with van der Waals surface area (Å²) in [5.41, 5.74) is 4.93. The van der Waals surface area contributed by atoms with E-state index in [-0.39, 0.29) is 22.5 Å². The number of aryl methyl sites for hydroxylation is 1. The van der Waals surface area contributed by atoms with Gasteiger partial charge in [0.05, 0.1) is 11.8 Å². The minimum atomic E-state index is -1.11. The van der Waals surface area contributed by atoms with Gasteiger partial charge in [-0.3, -0.25) is 9.59 Å². The van der Waals surface area contributed by atoms with Crippen LogP contribution in [0.4, 0.5) is 0 Å². The quantitative estimate of drug-likeness (QED) is 0.722. The fourth-order valence-electron chi connectivity index (χ4n) is 1.64. The normalized spacial score (nSPS) is 10.7. The van der Waals surface area contributed by atoms with Crippen molar-refractivity contribution in [1.82, 2.24) is 9.97 Å². The zero-order chi connectivity index (χ0) is 13.4. The Kier molecular flexibility index (Phi) is 2.87. The summed E-state index contributed by atoms with van der Waals surface area (Å²) in [6.45, 7) is 1.55. The predicted molar refractivity (Wildman–Crippen MR) is 64.8 cm³/mol. The molecular formula is C10H9N3O4S. The largest absolute Gasteiger partial charge is 0.477 e. The lowest BCUT2D eigenvalue weighted by Gasteiger charge is -1.97. The number of nitrogens with zero attached hydrogens (tertiary/aromatic N) is 1. The van der Waals surface area contributed by atoms with E-state index in [1.54, 1.807) is 6.92 Å². The van der Waals surface area contributed by atoms with Gasteiger partial charge in [-0.15, -0.1) is 11.3 Å². The highest BCUT2D eigenvalue weighted by molar-refractivity contribution is 7.20. The van der Waals surface area contributed by atoms with Crippen LogP contribution in [-0.4, -0.2) is 27.0 Å². The Balaban J connectivity index is 2.71. The van der Waals surface area contributed by atoms with Gasteiger partial charge in [0.15, 0.2) is 0 Å². The molecule has 4 N–H and O–H groups in total. The van der Waals surface area contributed by atoms with Crippen LogP contribution in [0.2, 0.25) is 0 Å². The molecule has 18 heavy (non-hydrogen) atoms. The number of carboxylic acid groups (broad SMARTS) is 1. The molecule has 7 nitrogen and oxygen atoms in total. The van der Waals surface area contributed by atoms with Crippen LogP contribution in [-0.2, 0) is 11.2 Å². The van der Waals surface area contributed by atoms with E-state index in [9.17, 15) is 14.4 Å². The van der Waals surface area contributed by atoms with Crippen LogP contribution in [0.3, 0.4) is 0 Å². The van der Waals surface area contributed by atoms with E-state index in [4.69, 9.17) is 10.8 Å². The summed E-state index contributed by atoms with van der Waals surface area (Å²) in [5.74, 6) is -1.59. The second-order valence-corrected chi connectivity index (χ2v) is 4.70. The highest BCUT2D eigenvalue weighted by Crippen LogP contribution is 2.26. The lowest BCUT2D eigenvalue weighted by molar-refractivity contribution is -0.117. The van der Waals surface area contributed by atoms with Crippen LogP contribution in [0.1, 0.15) is 21.1 Å². The number of hydrogen-bond acceptors (Lipinski definition) is 5. The molecule has 0 unspecified atom stereocenters. The van der Waals surface area contributed by atoms with E-state index in [1.165, 1.54) is 0 Å². The molecule has 0 spiro atoms. The number of aromatic carboxylic acids is 1. The molecule has 0 atom stereocenters. The van der Waals surface area contributed by atoms with E-state index in [0.29, 0.717) is 10.4 Å². The van der Waals surface area contributed by atoms with Crippen LogP contribution < -0.4 is 11.3 Å². The van der Waals surface area contributed by atoms with E-state index in [2.05, 4.69) is 9.97 Å². The zero-order valence-corrected chi connectivity index (χ0v) is 10.1. The van der Waals surface area contributed by atoms with Gasteiger partial charge in [-0.1, -0.05) is 0 Å². The van der Waals surface area contributed by atoms with Crippen molar-refractivity contribution in [3.8, 4) is 0 Å². The molecule has 2 heterocycles. The van der Waals surface area contributed by atoms with Gasteiger partial charge in [-0.25, -0.2) is 9.78 Å². The van der Waals surface area contributed by atoms with Gasteiger partial charge in [-0.2, -0.15) is 0 Å². The van der Waals surface area contributed by atoms with Gasteiger partial charge in [0.2, 0.25) is 5.91 Å². The molecule has 1 amide bonds. The lowest BCUT2D eigenvalue weighted by Crippen LogP contribution is -2.19. The average Bonchev–Trinajstić information content (AvgIpc) is 2.55. The molecule has 0 aliphatic carbocycles. The number of rotatable bonds is 3. The van der Waals surface area contributed by atoms with E-state index in [1.807, 2.05) is 0 Å². The first-order valence-electron chi connectivity index (χ1n) is 4.94. The Hall–Kier alpha value is -2.22. The molecule has 0 bridgehead atoms. The number of thiophene rings is 1. The molecule has 2 aromatic heterocycles. The third-order valence-corrected chi connectivity index (χ3v) is 3.56. The Morgan fingerprint density at radius 3 is 2.72 bits per heavy atom. The van der Waals surface area contributed by atoms with E-state index in [0.717, 1.165) is 11.3 Å². The van der Waals surface area contributed by atoms with Gasteiger partial charge in [0.1, 0.15) is 15.5 Å². The first-order chi connectivity index (χ1) is 8.40. The first kappa shape index (κ1) is 12.2. The lowest BCUT2D eigenvalue weighted by atomic mass is 10.2. The Bertz CT molecular complexity index is 716. The molecule has 0 fully saturated rings. The number of nitrogens with one attached hydrogen (secondary N) is 1. The van der Waals surface area contributed by atoms with Gasteiger partial charge >= 0.3 is 5.97 Å². The third-order valence-electron chi connectivity index (χ3n) is 2.39. The number of aromatic amines is 1. The SMILES string of the molecule is Cc1c(C(=O)O)sc2nc(CC(N)=O)[nH]c(=O)c12. The van der Waals surface area contributed by atoms with Crippen LogP contribution in [0, 0.1) is 6.92 Å². The van der Waals surface area contributed by atoms with Gasteiger partial charge in [-0.05, 0) is 12.5 Å². The topological polar surface area (TPSA) is 126 Å². The van der Waals surface area contributed by atoms with Crippen LogP contribution >= 0.6 is 11.3 Å². The molecule has 0 radical (unpaired) electrons. The van der Waals surface area contributed by atoms with Crippen molar-refractivity contribution < 1.29 is 14.7 Å². The smallest absolute Gasteiger partial charge is 0.346 e. The molecular weight excluding hydrogens is 258 g/mol. The molecule has 2 aromatic rings. The monoisotopic (exact) mass is 267 g/mol. The van der Waals surface area contributed by atoms with Crippen molar-refractivity contribution in [3.63, 3.8) is 0 Å². The summed E-state index contributed by atoms with van der Waals surface area (Å²) < 4.78 is 0. The first-order valence-corrected chi connectivity index (χ1v) is 5.75. The van der Waals surface area contributed by atoms with Crippen molar-refractivity contribution in [2.45, 2.75) is 13.3 Å². The van der Waals surface area contributed by atoms with Gasteiger partial charge in [0, 0.05) is 0 Å². The highest BCUT2D eigenvalue weighted by Gasteiger charge is 2.18. The minimum absolute atomic E-state index is 0.0687. The number of aromatic nitrogens is 2. The van der Waals surface area contributed by atoms with Crippen LogP contribution in [0.25, 0.3) is 10.2 Å². The van der Waals surface area contributed by atoms with E-state index >= 15 is 0 Å². The number of amides is 1. The van der Waals surface area contributed by atoms with E-state index < -0.39 is 17.4 Å². The second kappa shape index (κ2) is 4.22. The summed E-state index contributed by atoms with van der Waals surface area (Å²) >= 11 is 0.905. The third kappa shape index (κ3) is 1.97. The number of carboxylic acids is 1. The van der Waals surface area contributed by atoms with Gasteiger partial charge in [0.25, 0.3) is 5.56 Å². The Morgan fingerprint density at radius 2 is 2.17 bits per heavy atom. The number of carbonyl (C=O) groups is 2. The molecule has 2 rings (SSSR count). The maximum atomic E-state index is 11.8. The molecule has 94 valence electrons. The summed E-state index contributed by atoms with van der Waals surface area (Å²) in [6.07, 6.45) is -0.190. The average molecular weight is 267 g/mol. The molecule has 0 aromatic carbocycles. The summed E-state index contributed by atoms with van der Waals surface area (Å²) in [5, 5.41) is 9.21. The molecule has 0 saturated heterocycles. The molecule has 0 aliphatic rings. The Morgan fingerprint density at radius 1 is 1.50 bits per heavy atom. The van der Waals surface area contributed by atoms with Crippen LogP contribution in [0.5, 0.6) is 0 Å². The Labute approximate surface area is 104 Å². The summed E-state index contributed by atoms with van der Waals surface area (Å²) in [7, 11) is 0. The number of fused-ring (bicyclic) bond motifs is 1. The number of hydrogen-bond donors (Lipinski definition) is 3. The molecule has 0 aliphatic heterocycles. The molecule has 0 saturated carbocycles. The zero-order valence-electron chi connectivity index (χ0n) is 9.31. The fourth-order valence-corrected chi connectivity index (χ4v) is 2.68. The fraction of sp³-hybridized carbons (Fsp3) is 0.200.